The molecule has 2 aliphatic rings. The third-order valence-electron chi connectivity index (χ3n) is 3.87. The number of aldehydes is 1. The zero-order valence-corrected chi connectivity index (χ0v) is 14.7. The number of hydrogen-bond donors (Lipinski definition) is 0. The first-order chi connectivity index (χ1) is 9.44. The van der Waals surface area contributed by atoms with Gasteiger partial charge in [0.15, 0.2) is 6.10 Å². The normalized spacial score (nSPS) is 38.6. The minimum atomic E-state index is -0.715. The van der Waals surface area contributed by atoms with Gasteiger partial charge in [0.05, 0.1) is 11.6 Å². The number of hydrogen-bond acceptors (Lipinski definition) is 3. The van der Waals surface area contributed by atoms with E-state index < -0.39 is 15.8 Å². The van der Waals surface area contributed by atoms with Crippen molar-refractivity contribution in [3.05, 3.63) is 33.8 Å². The maximum Gasteiger partial charge on any atom is 0.175 e. The monoisotopic (exact) mass is 439 g/mol. The highest BCUT2D eigenvalue weighted by Crippen LogP contribution is 2.65. The molecule has 4 unspecified atom stereocenters. The molecule has 1 aliphatic carbocycles. The third kappa shape index (κ3) is 1.97. The Hall–Kier alpha value is -0.100. The van der Waals surface area contributed by atoms with Crippen molar-refractivity contribution in [2.45, 2.75) is 21.7 Å². The van der Waals surface area contributed by atoms with Gasteiger partial charge in [-0.1, -0.05) is 66.3 Å². The summed E-state index contributed by atoms with van der Waals surface area (Å²) in [5.41, 5.74) is 0.166. The second kappa shape index (κ2) is 4.97. The van der Waals surface area contributed by atoms with Gasteiger partial charge in [-0.15, -0.1) is 0 Å². The fourth-order valence-corrected chi connectivity index (χ4v) is 5.30. The minimum Gasteiger partial charge on any atom is -0.386 e. The van der Waals surface area contributed by atoms with E-state index >= 15 is 0 Å². The van der Waals surface area contributed by atoms with Crippen LogP contribution >= 0.6 is 55.1 Å². The van der Waals surface area contributed by atoms with E-state index in [4.69, 9.17) is 28.0 Å². The standard InChI is InChI=1S/C13H9Br2Cl2NO2/c14-10-4-12(10,6-19)13(15)5-18-20-11(13)8-2-1-7(16)3-9(8)17/h1-3,5-6,10-11H,4H2. The lowest BCUT2D eigenvalue weighted by Crippen LogP contribution is -2.41. The lowest BCUT2D eigenvalue weighted by Gasteiger charge is -2.31. The molecule has 0 N–H and O–H groups in total. The number of oxime groups is 1. The van der Waals surface area contributed by atoms with Gasteiger partial charge < -0.3 is 9.63 Å². The Morgan fingerprint density at radius 2 is 2.15 bits per heavy atom. The van der Waals surface area contributed by atoms with E-state index in [-0.39, 0.29) is 4.83 Å². The fourth-order valence-electron chi connectivity index (χ4n) is 2.52. The van der Waals surface area contributed by atoms with Crippen molar-refractivity contribution in [3.8, 4) is 0 Å². The molecule has 1 fully saturated rings. The van der Waals surface area contributed by atoms with Crippen LogP contribution < -0.4 is 0 Å². The van der Waals surface area contributed by atoms with E-state index in [0.29, 0.717) is 10.0 Å². The molecule has 0 spiro atoms. The minimum absolute atomic E-state index is 0.0913. The van der Waals surface area contributed by atoms with Crippen molar-refractivity contribution in [1.82, 2.24) is 0 Å². The van der Waals surface area contributed by atoms with Crippen molar-refractivity contribution in [3.63, 3.8) is 0 Å². The molecular weight excluding hydrogens is 433 g/mol. The molecule has 7 heteroatoms. The van der Waals surface area contributed by atoms with Gasteiger partial charge in [0.1, 0.15) is 10.6 Å². The van der Waals surface area contributed by atoms with Crippen molar-refractivity contribution < 1.29 is 9.63 Å². The molecule has 0 saturated heterocycles. The molecule has 0 amide bonds. The second-order valence-corrected chi connectivity index (χ2v) is 8.24. The van der Waals surface area contributed by atoms with Gasteiger partial charge in [-0.25, -0.2) is 0 Å². The summed E-state index contributed by atoms with van der Waals surface area (Å²) in [7, 11) is 0. The Balaban J connectivity index is 2.04. The molecule has 1 aliphatic heterocycles. The van der Waals surface area contributed by atoms with Crippen LogP contribution in [0.3, 0.4) is 0 Å². The number of nitrogens with zero attached hydrogens (tertiary/aromatic N) is 1. The van der Waals surface area contributed by atoms with Gasteiger partial charge in [0, 0.05) is 20.4 Å². The smallest absolute Gasteiger partial charge is 0.175 e. The summed E-state index contributed by atoms with van der Waals surface area (Å²) < 4.78 is -0.715. The van der Waals surface area contributed by atoms with Crippen LogP contribution in [0.2, 0.25) is 10.0 Å². The largest absolute Gasteiger partial charge is 0.386 e. The summed E-state index contributed by atoms with van der Waals surface area (Å²) in [4.78, 5) is 17.1. The predicted octanol–water partition coefficient (Wildman–Crippen LogP) is 4.54. The quantitative estimate of drug-likeness (QED) is 0.510. The Morgan fingerprint density at radius 1 is 1.45 bits per heavy atom. The maximum atomic E-state index is 11.6. The first kappa shape index (κ1) is 14.8. The number of alkyl halides is 2. The Kier molecular flexibility index (Phi) is 3.68. The maximum absolute atomic E-state index is 11.6. The molecule has 4 atom stereocenters. The van der Waals surface area contributed by atoms with Gasteiger partial charge in [-0.2, -0.15) is 0 Å². The molecule has 1 heterocycles. The average molecular weight is 442 g/mol. The van der Waals surface area contributed by atoms with Crippen LogP contribution in [-0.4, -0.2) is 21.7 Å². The molecule has 0 radical (unpaired) electrons. The van der Waals surface area contributed by atoms with Crippen LogP contribution in [0.1, 0.15) is 18.1 Å². The second-order valence-electron chi connectivity index (χ2n) is 4.98. The van der Waals surface area contributed by atoms with Gasteiger partial charge >= 0.3 is 0 Å². The van der Waals surface area contributed by atoms with E-state index in [0.717, 1.165) is 18.3 Å². The first-order valence-electron chi connectivity index (χ1n) is 5.89. The summed E-state index contributed by atoms with van der Waals surface area (Å²) >= 11 is 19.3. The van der Waals surface area contributed by atoms with Gasteiger partial charge in [0.25, 0.3) is 0 Å². The number of carbonyl (C=O) groups excluding carboxylic acids is 1. The number of benzene rings is 1. The van der Waals surface area contributed by atoms with Gasteiger partial charge in [-0.3, -0.25) is 0 Å². The highest BCUT2D eigenvalue weighted by atomic mass is 79.9. The summed E-state index contributed by atoms with van der Waals surface area (Å²) in [5.74, 6) is 0. The molecule has 0 aromatic heterocycles. The third-order valence-corrected chi connectivity index (χ3v) is 6.93. The molecule has 0 bridgehead atoms. The number of halogens is 4. The number of rotatable bonds is 3. The van der Waals surface area contributed by atoms with Crippen LogP contribution in [0.4, 0.5) is 0 Å². The molecule has 106 valence electrons. The van der Waals surface area contributed by atoms with E-state index in [1.807, 2.05) is 0 Å². The van der Waals surface area contributed by atoms with Crippen LogP contribution in [0.25, 0.3) is 0 Å². The van der Waals surface area contributed by atoms with Gasteiger partial charge in [0.2, 0.25) is 0 Å². The summed E-state index contributed by atoms with van der Waals surface area (Å²) in [6, 6.07) is 5.19. The van der Waals surface area contributed by atoms with Crippen LogP contribution in [-0.2, 0) is 9.63 Å². The van der Waals surface area contributed by atoms with Crippen molar-refractivity contribution in [2.24, 2.45) is 10.6 Å². The number of carbonyl (C=O) groups is 1. The van der Waals surface area contributed by atoms with E-state index in [9.17, 15) is 4.79 Å². The summed E-state index contributed by atoms with van der Waals surface area (Å²) in [5, 5.41) is 4.94. The molecule has 1 saturated carbocycles. The van der Waals surface area contributed by atoms with Crippen molar-refractivity contribution in [1.29, 1.82) is 0 Å². The molecule has 3 nitrogen and oxygen atoms in total. The van der Waals surface area contributed by atoms with Crippen LogP contribution in [0.15, 0.2) is 23.4 Å². The summed E-state index contributed by atoms with van der Waals surface area (Å²) in [6.07, 6.45) is 2.84. The van der Waals surface area contributed by atoms with E-state index in [2.05, 4.69) is 37.0 Å². The zero-order chi connectivity index (χ0) is 14.5. The molecular formula is C13H9Br2Cl2NO2. The Morgan fingerprint density at radius 3 is 2.70 bits per heavy atom. The zero-order valence-electron chi connectivity index (χ0n) is 10.0. The summed E-state index contributed by atoms with van der Waals surface area (Å²) in [6.45, 7) is 0. The van der Waals surface area contributed by atoms with E-state index in [1.165, 1.54) is 0 Å². The fraction of sp³-hybridized carbons (Fsp3) is 0.385. The topological polar surface area (TPSA) is 38.7 Å². The highest BCUT2D eigenvalue weighted by Gasteiger charge is 2.70. The SMILES string of the molecule is O=CC1(C2(Br)C=NOC2c2ccc(Cl)cc2Cl)CC1Br. The van der Waals surface area contributed by atoms with E-state index in [1.54, 1.807) is 24.4 Å². The molecule has 3 rings (SSSR count). The Bertz CT molecular complexity index is 612. The average Bonchev–Trinajstić information content (AvgIpc) is 2.93. The molecule has 1 aromatic rings. The first-order valence-corrected chi connectivity index (χ1v) is 8.36. The van der Waals surface area contributed by atoms with Crippen molar-refractivity contribution in [2.75, 3.05) is 0 Å². The van der Waals surface area contributed by atoms with Crippen LogP contribution in [0, 0.1) is 5.41 Å². The lowest BCUT2D eigenvalue weighted by molar-refractivity contribution is -0.113. The predicted molar refractivity (Wildman–Crippen MR) is 86.3 cm³/mol. The van der Waals surface area contributed by atoms with Crippen LogP contribution in [0.5, 0.6) is 0 Å². The molecule has 1 aromatic carbocycles. The van der Waals surface area contributed by atoms with Crippen molar-refractivity contribution >= 4 is 67.6 Å². The Labute approximate surface area is 142 Å². The highest BCUT2D eigenvalue weighted by molar-refractivity contribution is 9.10. The molecule has 20 heavy (non-hydrogen) atoms. The van der Waals surface area contributed by atoms with Gasteiger partial charge in [-0.05, 0) is 18.6 Å². The lowest BCUT2D eigenvalue weighted by atomic mass is 9.83.